The molecule has 2 nitrogen and oxygen atoms in total. The number of rotatable bonds is 5. The van der Waals surface area contributed by atoms with E-state index in [1.165, 1.54) is 16.7 Å². The molecular formula is C13H21NOS. The van der Waals surface area contributed by atoms with E-state index in [4.69, 9.17) is 0 Å². The molecule has 0 aliphatic carbocycles. The van der Waals surface area contributed by atoms with Crippen LogP contribution in [0.25, 0.3) is 0 Å². The van der Waals surface area contributed by atoms with Gasteiger partial charge in [-0.2, -0.15) is 0 Å². The van der Waals surface area contributed by atoms with Crippen molar-refractivity contribution in [1.29, 1.82) is 0 Å². The maximum atomic E-state index is 11.9. The van der Waals surface area contributed by atoms with Crippen LogP contribution in [0.4, 0.5) is 0 Å². The first-order valence-corrected chi connectivity index (χ1v) is 7.09. The van der Waals surface area contributed by atoms with Crippen LogP contribution >= 0.6 is 0 Å². The first kappa shape index (κ1) is 13.4. The first-order chi connectivity index (χ1) is 7.51. The van der Waals surface area contributed by atoms with Gasteiger partial charge in [-0.15, -0.1) is 0 Å². The summed E-state index contributed by atoms with van der Waals surface area (Å²) in [7, 11) is 1.12. The summed E-state index contributed by atoms with van der Waals surface area (Å²) in [5.41, 5.74) is 3.67. The molecule has 1 aromatic carbocycles. The maximum absolute atomic E-state index is 11.9. The van der Waals surface area contributed by atoms with Crippen LogP contribution in [-0.2, 0) is 16.6 Å². The van der Waals surface area contributed by atoms with Crippen molar-refractivity contribution in [3.63, 3.8) is 0 Å². The summed E-state index contributed by atoms with van der Waals surface area (Å²) in [4.78, 5) is 0. The van der Waals surface area contributed by atoms with Crippen molar-refractivity contribution in [3.8, 4) is 0 Å². The quantitative estimate of drug-likeness (QED) is 0.853. The van der Waals surface area contributed by atoms with Gasteiger partial charge < -0.3 is 5.32 Å². The number of benzene rings is 1. The highest BCUT2D eigenvalue weighted by Gasteiger charge is 2.07. The Kier molecular flexibility index (Phi) is 5.16. The van der Waals surface area contributed by atoms with Crippen molar-refractivity contribution in [1.82, 2.24) is 5.32 Å². The summed E-state index contributed by atoms with van der Waals surface area (Å²) in [6.07, 6.45) is 0. The van der Waals surface area contributed by atoms with E-state index in [1.807, 2.05) is 7.05 Å². The second-order valence-corrected chi connectivity index (χ2v) is 5.94. The molecule has 0 amide bonds. The van der Waals surface area contributed by atoms with Gasteiger partial charge in [0.15, 0.2) is 0 Å². The molecule has 0 saturated carbocycles. The summed E-state index contributed by atoms with van der Waals surface area (Å²) in [5.74, 6) is 1.37. The molecule has 0 bridgehead atoms. The van der Waals surface area contributed by atoms with E-state index in [0.29, 0.717) is 17.5 Å². The van der Waals surface area contributed by atoms with E-state index in [1.54, 1.807) is 0 Å². The normalized spacial score (nSPS) is 14.8. The Morgan fingerprint density at radius 3 is 2.31 bits per heavy atom. The number of hydrogen-bond donors (Lipinski definition) is 1. The molecule has 16 heavy (non-hydrogen) atoms. The molecule has 0 fully saturated rings. The second-order valence-electron chi connectivity index (χ2n) is 4.44. The van der Waals surface area contributed by atoms with Gasteiger partial charge in [-0.3, -0.25) is 4.21 Å². The lowest BCUT2D eigenvalue weighted by molar-refractivity contribution is 0.645. The molecule has 3 heteroatoms. The molecule has 90 valence electrons. The van der Waals surface area contributed by atoms with Crippen molar-refractivity contribution in [2.24, 2.45) is 0 Å². The lowest BCUT2D eigenvalue weighted by Gasteiger charge is -2.10. The Bertz CT molecular complexity index is 356. The zero-order valence-electron chi connectivity index (χ0n) is 10.5. The molecule has 2 unspecified atom stereocenters. The Hall–Kier alpha value is -0.670. The molecule has 2 atom stereocenters. The van der Waals surface area contributed by atoms with Crippen LogP contribution in [-0.4, -0.2) is 23.1 Å². The number of nitrogens with one attached hydrogen (secondary N) is 1. The summed E-state index contributed by atoms with van der Waals surface area (Å²) in [6, 6.07) is 6.69. The van der Waals surface area contributed by atoms with E-state index >= 15 is 0 Å². The third kappa shape index (κ3) is 4.45. The molecule has 0 heterocycles. The summed E-state index contributed by atoms with van der Waals surface area (Å²) >= 11 is 0. The summed E-state index contributed by atoms with van der Waals surface area (Å²) in [6.45, 7) is 6.21. The highest BCUT2D eigenvalue weighted by atomic mass is 32.2. The lowest BCUT2D eigenvalue weighted by Crippen LogP contribution is -2.27. The SMILES string of the molecule is CNC(C)CS(=O)Cc1cc(C)cc(C)c1. The summed E-state index contributed by atoms with van der Waals surface area (Å²) in [5, 5.41) is 3.11. The van der Waals surface area contributed by atoms with E-state index in [9.17, 15) is 4.21 Å². The van der Waals surface area contributed by atoms with Crippen molar-refractivity contribution in [2.75, 3.05) is 12.8 Å². The summed E-state index contributed by atoms with van der Waals surface area (Å²) < 4.78 is 11.9. The topological polar surface area (TPSA) is 29.1 Å². The molecule has 1 aromatic rings. The van der Waals surface area contributed by atoms with Gasteiger partial charge in [0.1, 0.15) is 0 Å². The fourth-order valence-electron chi connectivity index (χ4n) is 1.76. The number of aryl methyl sites for hydroxylation is 2. The second kappa shape index (κ2) is 6.16. The van der Waals surface area contributed by atoms with Crippen molar-refractivity contribution in [3.05, 3.63) is 34.9 Å². The van der Waals surface area contributed by atoms with E-state index in [0.717, 1.165) is 0 Å². The van der Waals surface area contributed by atoms with Crippen LogP contribution in [0.5, 0.6) is 0 Å². The average Bonchev–Trinajstić information content (AvgIpc) is 2.15. The fraction of sp³-hybridized carbons (Fsp3) is 0.538. The van der Waals surface area contributed by atoms with Gasteiger partial charge in [0.25, 0.3) is 0 Å². The van der Waals surface area contributed by atoms with Gasteiger partial charge in [0.05, 0.1) is 0 Å². The molecule has 0 radical (unpaired) electrons. The Balaban J connectivity index is 2.62. The van der Waals surface area contributed by atoms with Crippen LogP contribution < -0.4 is 5.32 Å². The Morgan fingerprint density at radius 2 is 1.81 bits per heavy atom. The number of hydrogen-bond acceptors (Lipinski definition) is 2. The van der Waals surface area contributed by atoms with Crippen LogP contribution in [0.3, 0.4) is 0 Å². The molecule has 0 aliphatic rings. The third-order valence-electron chi connectivity index (χ3n) is 2.54. The predicted molar refractivity (Wildman–Crippen MR) is 71.2 cm³/mol. The van der Waals surface area contributed by atoms with Gasteiger partial charge in [0.2, 0.25) is 0 Å². The van der Waals surface area contributed by atoms with E-state index in [2.05, 4.69) is 44.3 Å². The largest absolute Gasteiger partial charge is 0.316 e. The van der Waals surface area contributed by atoms with Crippen molar-refractivity contribution in [2.45, 2.75) is 32.6 Å². The molecule has 0 aliphatic heterocycles. The van der Waals surface area contributed by atoms with E-state index < -0.39 is 10.8 Å². The average molecular weight is 239 g/mol. The zero-order chi connectivity index (χ0) is 12.1. The fourth-order valence-corrected chi connectivity index (χ4v) is 3.14. The third-order valence-corrected chi connectivity index (χ3v) is 4.06. The van der Waals surface area contributed by atoms with Crippen molar-refractivity contribution >= 4 is 10.8 Å². The van der Waals surface area contributed by atoms with Crippen LogP contribution in [0.1, 0.15) is 23.6 Å². The van der Waals surface area contributed by atoms with Crippen molar-refractivity contribution < 1.29 is 4.21 Å². The predicted octanol–water partition coefficient (Wildman–Crippen LogP) is 2.16. The minimum Gasteiger partial charge on any atom is -0.316 e. The standard InChI is InChI=1S/C13H21NOS/c1-10-5-11(2)7-13(6-10)9-16(15)8-12(3)14-4/h5-7,12,14H,8-9H2,1-4H3. The Morgan fingerprint density at radius 1 is 1.25 bits per heavy atom. The molecular weight excluding hydrogens is 218 g/mol. The van der Waals surface area contributed by atoms with Crippen LogP contribution in [0, 0.1) is 13.8 Å². The smallest absolute Gasteiger partial charge is 0.0486 e. The van der Waals surface area contributed by atoms with Crippen LogP contribution in [0.2, 0.25) is 0 Å². The minimum absolute atomic E-state index is 0.312. The van der Waals surface area contributed by atoms with Gasteiger partial charge in [-0.05, 0) is 33.4 Å². The minimum atomic E-state index is -0.780. The van der Waals surface area contributed by atoms with Gasteiger partial charge >= 0.3 is 0 Å². The first-order valence-electron chi connectivity index (χ1n) is 5.60. The molecule has 1 rings (SSSR count). The molecule has 0 saturated heterocycles. The highest BCUT2D eigenvalue weighted by Crippen LogP contribution is 2.11. The van der Waals surface area contributed by atoms with E-state index in [-0.39, 0.29) is 0 Å². The molecule has 0 aromatic heterocycles. The Labute approximate surface area is 101 Å². The highest BCUT2D eigenvalue weighted by molar-refractivity contribution is 7.84. The monoisotopic (exact) mass is 239 g/mol. The molecule has 0 spiro atoms. The maximum Gasteiger partial charge on any atom is 0.0486 e. The van der Waals surface area contributed by atoms with Gasteiger partial charge in [-0.1, -0.05) is 29.3 Å². The van der Waals surface area contributed by atoms with Gasteiger partial charge in [-0.25, -0.2) is 0 Å². The van der Waals surface area contributed by atoms with Crippen LogP contribution in [0.15, 0.2) is 18.2 Å². The lowest BCUT2D eigenvalue weighted by atomic mass is 10.1. The zero-order valence-corrected chi connectivity index (χ0v) is 11.4. The van der Waals surface area contributed by atoms with Gasteiger partial charge in [0, 0.05) is 28.3 Å². The molecule has 1 N–H and O–H groups in total.